The van der Waals surface area contributed by atoms with Gasteiger partial charge in [0.05, 0.1) is 23.0 Å². The van der Waals surface area contributed by atoms with Crippen molar-refractivity contribution in [2.45, 2.75) is 56.7 Å². The van der Waals surface area contributed by atoms with Crippen LogP contribution >= 0.6 is 0 Å². The minimum atomic E-state index is -3.01. The molecule has 194 valence electrons. The predicted molar refractivity (Wildman–Crippen MR) is 133 cm³/mol. The van der Waals surface area contributed by atoms with Gasteiger partial charge in [-0.15, -0.1) is 0 Å². The zero-order valence-corrected chi connectivity index (χ0v) is 20.6. The second-order valence-electron chi connectivity index (χ2n) is 10.2. The Labute approximate surface area is 216 Å². The maximum absolute atomic E-state index is 13.5. The minimum Gasteiger partial charge on any atom is -0.434 e. The number of carbonyl (C=O) groups is 1. The Bertz CT molecular complexity index is 1580. The van der Waals surface area contributed by atoms with Crippen molar-refractivity contribution in [1.29, 1.82) is 0 Å². The molecule has 3 aromatic heterocycles. The quantitative estimate of drug-likeness (QED) is 0.423. The summed E-state index contributed by atoms with van der Waals surface area (Å²) in [5.74, 6) is 0.535. The summed E-state index contributed by atoms with van der Waals surface area (Å²) >= 11 is 0. The van der Waals surface area contributed by atoms with Crippen molar-refractivity contribution in [1.82, 2.24) is 29.2 Å². The zero-order valence-electron chi connectivity index (χ0n) is 20.6. The highest BCUT2D eigenvalue weighted by molar-refractivity contribution is 5.98. The van der Waals surface area contributed by atoms with Crippen LogP contribution in [-0.2, 0) is 5.54 Å². The molecule has 1 fully saturated rings. The molecule has 2 unspecified atom stereocenters. The summed E-state index contributed by atoms with van der Waals surface area (Å²) < 4.78 is 33.5. The standard InChI is InChI=1S/C27H25F2N7O2/c1-2-35-18-9-17(20-16(23(35)37)5-3-6-19(20)38-25(28)29)22-21(18)34-26-33-12-15(13-36(22)26)14-10-31-24(32-11-14)27(30)7-4-8-27/h3,5-6,10-13,17-18,25H,2,4,7-9,30H2,1H3. The van der Waals surface area contributed by atoms with Crippen LogP contribution in [0.1, 0.15) is 77.7 Å². The molecule has 1 saturated carbocycles. The number of nitrogens with zero attached hydrogens (tertiary/aromatic N) is 6. The number of fused-ring (bicyclic) bond motifs is 9. The van der Waals surface area contributed by atoms with E-state index in [1.807, 2.05) is 17.5 Å². The van der Waals surface area contributed by atoms with Crippen LogP contribution in [0.5, 0.6) is 5.75 Å². The molecule has 2 N–H and O–H groups in total. The van der Waals surface area contributed by atoms with Crippen molar-refractivity contribution in [3.05, 3.63) is 71.3 Å². The number of hydrogen-bond acceptors (Lipinski definition) is 7. The van der Waals surface area contributed by atoms with Crippen molar-refractivity contribution < 1.29 is 18.3 Å². The smallest absolute Gasteiger partial charge is 0.387 e. The van der Waals surface area contributed by atoms with Crippen LogP contribution in [0.4, 0.5) is 8.78 Å². The number of rotatable bonds is 5. The Morgan fingerprint density at radius 3 is 2.61 bits per heavy atom. The van der Waals surface area contributed by atoms with Crippen LogP contribution in [-0.4, -0.2) is 48.3 Å². The number of benzene rings is 1. The molecule has 2 bridgehead atoms. The summed E-state index contributed by atoms with van der Waals surface area (Å²) in [6.07, 6.45) is 10.5. The lowest BCUT2D eigenvalue weighted by molar-refractivity contribution is -0.0506. The molecule has 2 aliphatic carbocycles. The van der Waals surface area contributed by atoms with Crippen molar-refractivity contribution in [2.24, 2.45) is 5.73 Å². The third-order valence-electron chi connectivity index (χ3n) is 8.16. The van der Waals surface area contributed by atoms with Crippen LogP contribution < -0.4 is 10.5 Å². The lowest BCUT2D eigenvalue weighted by Crippen LogP contribution is -2.44. The molecule has 7 rings (SSSR count). The Balaban J connectivity index is 1.38. The molecule has 4 aromatic rings. The third kappa shape index (κ3) is 3.27. The van der Waals surface area contributed by atoms with Gasteiger partial charge >= 0.3 is 6.61 Å². The number of nitrogens with two attached hydrogens (primary N) is 1. The molecule has 2 atom stereocenters. The summed E-state index contributed by atoms with van der Waals surface area (Å²) in [5.41, 5.74) is 9.88. The van der Waals surface area contributed by atoms with Gasteiger partial charge in [-0.2, -0.15) is 8.78 Å². The van der Waals surface area contributed by atoms with Crippen LogP contribution in [0.2, 0.25) is 0 Å². The number of hydrogen-bond donors (Lipinski definition) is 1. The number of halogens is 2. The Morgan fingerprint density at radius 2 is 1.92 bits per heavy atom. The molecule has 0 saturated heterocycles. The van der Waals surface area contributed by atoms with Crippen LogP contribution in [0.25, 0.3) is 16.9 Å². The van der Waals surface area contributed by atoms with E-state index in [0.29, 0.717) is 35.7 Å². The second kappa shape index (κ2) is 8.26. The van der Waals surface area contributed by atoms with E-state index in [0.717, 1.165) is 41.8 Å². The molecule has 38 heavy (non-hydrogen) atoms. The normalized spacial score (nSPS) is 21.3. The highest BCUT2D eigenvalue weighted by Crippen LogP contribution is 2.52. The number of alkyl halides is 2. The molecule has 11 heteroatoms. The van der Waals surface area contributed by atoms with Gasteiger partial charge in [-0.05, 0) is 44.7 Å². The van der Waals surface area contributed by atoms with Gasteiger partial charge in [-0.1, -0.05) is 6.07 Å². The number of amides is 1. The van der Waals surface area contributed by atoms with E-state index < -0.39 is 12.2 Å². The topological polar surface area (TPSA) is 112 Å². The maximum Gasteiger partial charge on any atom is 0.387 e. The first-order valence-electron chi connectivity index (χ1n) is 12.8. The average molecular weight is 518 g/mol. The van der Waals surface area contributed by atoms with Gasteiger partial charge < -0.3 is 15.4 Å². The second-order valence-corrected chi connectivity index (χ2v) is 10.2. The van der Waals surface area contributed by atoms with Gasteiger partial charge in [0.15, 0.2) is 0 Å². The number of carbonyl (C=O) groups excluding carboxylic acids is 1. The number of ether oxygens (including phenoxy) is 1. The zero-order chi connectivity index (χ0) is 26.2. The van der Waals surface area contributed by atoms with Gasteiger partial charge in [0.1, 0.15) is 11.6 Å². The van der Waals surface area contributed by atoms with Crippen LogP contribution in [0.15, 0.2) is 43.0 Å². The van der Waals surface area contributed by atoms with Crippen molar-refractivity contribution in [3.63, 3.8) is 0 Å². The summed E-state index contributed by atoms with van der Waals surface area (Å²) in [6.45, 7) is -0.654. The van der Waals surface area contributed by atoms with E-state index in [-0.39, 0.29) is 23.6 Å². The Hall–Kier alpha value is -3.99. The molecule has 1 aromatic carbocycles. The molecule has 1 amide bonds. The maximum atomic E-state index is 13.5. The van der Waals surface area contributed by atoms with Gasteiger partial charge in [-0.3, -0.25) is 9.20 Å². The summed E-state index contributed by atoms with van der Waals surface area (Å²) in [6, 6.07) is 4.45. The molecular formula is C27H25F2N7O2. The van der Waals surface area contributed by atoms with E-state index in [1.54, 1.807) is 35.6 Å². The van der Waals surface area contributed by atoms with E-state index >= 15 is 0 Å². The third-order valence-corrected chi connectivity index (χ3v) is 8.16. The summed E-state index contributed by atoms with van der Waals surface area (Å²) in [5, 5.41) is 0. The molecular weight excluding hydrogens is 492 g/mol. The fraction of sp³-hybridized carbons (Fsp3) is 0.370. The van der Waals surface area contributed by atoms with Gasteiger partial charge in [0.2, 0.25) is 5.78 Å². The fourth-order valence-electron chi connectivity index (χ4n) is 6.15. The van der Waals surface area contributed by atoms with Gasteiger partial charge in [-0.25, -0.2) is 19.9 Å². The van der Waals surface area contributed by atoms with Crippen LogP contribution in [0, 0.1) is 0 Å². The predicted octanol–water partition coefficient (Wildman–Crippen LogP) is 4.18. The minimum absolute atomic E-state index is 0.00941. The van der Waals surface area contributed by atoms with Crippen molar-refractivity contribution >= 4 is 11.7 Å². The molecule has 0 spiro atoms. The van der Waals surface area contributed by atoms with Gasteiger partial charge in [0.25, 0.3) is 5.91 Å². The lowest BCUT2D eigenvalue weighted by atomic mass is 9.77. The first-order valence-corrected chi connectivity index (χ1v) is 12.8. The molecule has 3 aliphatic rings. The molecule has 4 heterocycles. The van der Waals surface area contributed by atoms with E-state index in [1.165, 1.54) is 6.07 Å². The Kier molecular flexibility index (Phi) is 5.03. The largest absolute Gasteiger partial charge is 0.434 e. The monoisotopic (exact) mass is 517 g/mol. The number of imidazole rings is 1. The first-order chi connectivity index (χ1) is 18.4. The fourth-order valence-corrected chi connectivity index (χ4v) is 6.15. The SMILES string of the molecule is CCN1C(=O)c2cccc(OC(F)F)c2C2CC1c1nc3ncc(-c4cnc(C5(N)CCC5)nc4)cn3c12. The lowest BCUT2D eigenvalue weighted by Gasteiger charge is -2.36. The highest BCUT2D eigenvalue weighted by atomic mass is 19.3. The van der Waals surface area contributed by atoms with E-state index in [2.05, 4.69) is 15.0 Å². The summed E-state index contributed by atoms with van der Waals surface area (Å²) in [4.78, 5) is 33.7. The Morgan fingerprint density at radius 1 is 1.16 bits per heavy atom. The number of aromatic nitrogens is 5. The van der Waals surface area contributed by atoms with Crippen molar-refractivity contribution in [2.75, 3.05) is 6.54 Å². The molecule has 9 nitrogen and oxygen atoms in total. The van der Waals surface area contributed by atoms with Crippen molar-refractivity contribution in [3.8, 4) is 16.9 Å². The highest BCUT2D eigenvalue weighted by Gasteiger charge is 2.47. The van der Waals surface area contributed by atoms with E-state index in [9.17, 15) is 13.6 Å². The molecule has 0 radical (unpaired) electrons. The average Bonchev–Trinajstić information content (AvgIpc) is 3.41. The van der Waals surface area contributed by atoms with Crippen LogP contribution in [0.3, 0.4) is 0 Å². The summed E-state index contributed by atoms with van der Waals surface area (Å²) in [7, 11) is 0. The van der Waals surface area contributed by atoms with Gasteiger partial charge in [0, 0.05) is 59.5 Å². The molecule has 1 aliphatic heterocycles. The first kappa shape index (κ1) is 23.2. The van der Waals surface area contributed by atoms with E-state index in [4.69, 9.17) is 15.5 Å².